The van der Waals surface area contributed by atoms with E-state index in [4.69, 9.17) is 5.73 Å². The molecule has 2 aromatic rings. The molecule has 24 heavy (non-hydrogen) atoms. The van der Waals surface area contributed by atoms with Crippen LogP contribution in [0.5, 0.6) is 0 Å². The van der Waals surface area contributed by atoms with Crippen LogP contribution in [0.4, 0.5) is 0 Å². The number of nitrogens with zero attached hydrogens (tertiary/aromatic N) is 4. The Balaban J connectivity index is 1.55. The Morgan fingerprint density at radius 1 is 1.21 bits per heavy atom. The SMILES string of the molecule is CN1CCN(C(=O)[C@@H](N)Cc2cn(Cc3ccccc3)cn2)CC1. The van der Waals surface area contributed by atoms with Crippen LogP contribution in [0.1, 0.15) is 11.3 Å². The summed E-state index contributed by atoms with van der Waals surface area (Å²) in [6.45, 7) is 4.10. The molecule has 1 aromatic carbocycles. The number of carbonyl (C=O) groups excluding carboxylic acids is 1. The van der Waals surface area contributed by atoms with E-state index >= 15 is 0 Å². The topological polar surface area (TPSA) is 67.4 Å². The lowest BCUT2D eigenvalue weighted by Gasteiger charge is -2.33. The lowest BCUT2D eigenvalue weighted by molar-refractivity contribution is -0.134. The van der Waals surface area contributed by atoms with Crippen molar-refractivity contribution in [1.82, 2.24) is 19.4 Å². The normalized spacial score (nSPS) is 17.0. The highest BCUT2D eigenvalue weighted by molar-refractivity contribution is 5.82. The molecule has 2 N–H and O–H groups in total. The minimum Gasteiger partial charge on any atom is -0.339 e. The third-order valence-corrected chi connectivity index (χ3v) is 4.46. The predicted octanol–water partition coefficient (Wildman–Crippen LogP) is 0.575. The number of rotatable bonds is 5. The van der Waals surface area contributed by atoms with Crippen molar-refractivity contribution in [3.05, 3.63) is 54.1 Å². The fourth-order valence-corrected chi connectivity index (χ4v) is 2.97. The molecule has 0 spiro atoms. The van der Waals surface area contributed by atoms with Gasteiger partial charge in [0.2, 0.25) is 5.91 Å². The highest BCUT2D eigenvalue weighted by atomic mass is 16.2. The first kappa shape index (κ1) is 16.7. The van der Waals surface area contributed by atoms with Crippen LogP contribution in [0.15, 0.2) is 42.9 Å². The summed E-state index contributed by atoms with van der Waals surface area (Å²) in [6.07, 6.45) is 4.26. The highest BCUT2D eigenvalue weighted by Gasteiger charge is 2.24. The lowest BCUT2D eigenvalue weighted by Crippen LogP contribution is -2.52. The number of piperazine rings is 1. The molecule has 1 amide bonds. The monoisotopic (exact) mass is 327 g/mol. The van der Waals surface area contributed by atoms with Crippen molar-refractivity contribution >= 4 is 5.91 Å². The Bertz CT molecular complexity index is 661. The van der Waals surface area contributed by atoms with E-state index in [1.54, 1.807) is 6.33 Å². The summed E-state index contributed by atoms with van der Waals surface area (Å²) >= 11 is 0. The van der Waals surface area contributed by atoms with Gasteiger partial charge in [-0.25, -0.2) is 4.98 Å². The number of hydrogen-bond donors (Lipinski definition) is 1. The summed E-state index contributed by atoms with van der Waals surface area (Å²) in [7, 11) is 2.07. The molecule has 0 aliphatic carbocycles. The smallest absolute Gasteiger partial charge is 0.239 e. The van der Waals surface area contributed by atoms with E-state index in [9.17, 15) is 4.79 Å². The maximum atomic E-state index is 12.5. The van der Waals surface area contributed by atoms with Gasteiger partial charge in [0.1, 0.15) is 0 Å². The molecular weight excluding hydrogens is 302 g/mol. The van der Waals surface area contributed by atoms with Crippen LogP contribution in [0, 0.1) is 0 Å². The van der Waals surface area contributed by atoms with Crippen LogP contribution in [0.2, 0.25) is 0 Å². The Hall–Kier alpha value is -2.18. The van der Waals surface area contributed by atoms with E-state index in [2.05, 4.69) is 29.1 Å². The molecule has 1 saturated heterocycles. The van der Waals surface area contributed by atoms with Gasteiger partial charge in [0.25, 0.3) is 0 Å². The van der Waals surface area contributed by atoms with E-state index < -0.39 is 6.04 Å². The van der Waals surface area contributed by atoms with Crippen LogP contribution < -0.4 is 5.73 Å². The van der Waals surface area contributed by atoms with E-state index in [1.807, 2.05) is 33.9 Å². The molecular formula is C18H25N5O. The van der Waals surface area contributed by atoms with Crippen molar-refractivity contribution in [1.29, 1.82) is 0 Å². The number of carbonyl (C=O) groups is 1. The van der Waals surface area contributed by atoms with Crippen LogP contribution >= 0.6 is 0 Å². The highest BCUT2D eigenvalue weighted by Crippen LogP contribution is 2.08. The Morgan fingerprint density at radius 2 is 1.92 bits per heavy atom. The maximum Gasteiger partial charge on any atom is 0.239 e. The van der Waals surface area contributed by atoms with E-state index in [1.165, 1.54) is 5.56 Å². The second-order valence-electron chi connectivity index (χ2n) is 6.46. The zero-order chi connectivity index (χ0) is 16.9. The van der Waals surface area contributed by atoms with Gasteiger partial charge in [-0.3, -0.25) is 4.79 Å². The van der Waals surface area contributed by atoms with Crippen LogP contribution in [0.3, 0.4) is 0 Å². The van der Waals surface area contributed by atoms with Crippen LogP contribution in [-0.2, 0) is 17.8 Å². The third kappa shape index (κ3) is 4.21. The summed E-state index contributed by atoms with van der Waals surface area (Å²) in [5.74, 6) is 0.0284. The van der Waals surface area contributed by atoms with Gasteiger partial charge in [0.15, 0.2) is 0 Å². The standard InChI is InChI=1S/C18H25N5O/c1-21-7-9-23(10-8-21)18(24)17(19)11-16-13-22(14-20-16)12-15-5-3-2-4-6-15/h2-6,13-14,17H,7-12,19H2,1H3/t17-/m0/s1. The Kier molecular flexibility index (Phi) is 5.27. The van der Waals surface area contributed by atoms with Gasteiger partial charge in [-0.15, -0.1) is 0 Å². The minimum atomic E-state index is -0.520. The average molecular weight is 327 g/mol. The van der Waals surface area contributed by atoms with Gasteiger partial charge in [0.05, 0.1) is 18.1 Å². The first-order valence-corrected chi connectivity index (χ1v) is 8.39. The molecule has 0 unspecified atom stereocenters. The number of benzene rings is 1. The van der Waals surface area contributed by atoms with Gasteiger partial charge in [0, 0.05) is 45.3 Å². The molecule has 6 heteroatoms. The van der Waals surface area contributed by atoms with Crippen molar-refractivity contribution in [3.63, 3.8) is 0 Å². The summed E-state index contributed by atoms with van der Waals surface area (Å²) in [4.78, 5) is 20.9. The van der Waals surface area contributed by atoms with Crippen molar-refractivity contribution in [2.45, 2.75) is 19.0 Å². The van der Waals surface area contributed by atoms with Crippen molar-refractivity contribution in [3.8, 4) is 0 Å². The fraction of sp³-hybridized carbons (Fsp3) is 0.444. The van der Waals surface area contributed by atoms with Gasteiger partial charge < -0.3 is 20.1 Å². The number of imidazole rings is 1. The molecule has 1 aliphatic rings. The average Bonchev–Trinajstić information content (AvgIpc) is 3.02. The number of hydrogen-bond acceptors (Lipinski definition) is 4. The van der Waals surface area contributed by atoms with E-state index in [-0.39, 0.29) is 5.91 Å². The lowest BCUT2D eigenvalue weighted by atomic mass is 10.1. The second-order valence-corrected chi connectivity index (χ2v) is 6.46. The molecule has 1 aromatic heterocycles. The van der Waals surface area contributed by atoms with Gasteiger partial charge >= 0.3 is 0 Å². The summed E-state index contributed by atoms with van der Waals surface area (Å²) in [5.41, 5.74) is 8.21. The summed E-state index contributed by atoms with van der Waals surface area (Å²) in [6, 6.07) is 9.71. The Labute approximate surface area is 142 Å². The van der Waals surface area contributed by atoms with Crippen LogP contribution in [0.25, 0.3) is 0 Å². The van der Waals surface area contributed by atoms with Crippen molar-refractivity contribution < 1.29 is 4.79 Å². The zero-order valence-electron chi connectivity index (χ0n) is 14.1. The molecule has 128 valence electrons. The van der Waals surface area contributed by atoms with E-state index in [0.29, 0.717) is 6.42 Å². The zero-order valence-corrected chi connectivity index (χ0v) is 14.1. The van der Waals surface area contributed by atoms with Gasteiger partial charge in [-0.2, -0.15) is 0 Å². The summed E-state index contributed by atoms with van der Waals surface area (Å²) in [5, 5.41) is 0. The first-order chi connectivity index (χ1) is 11.6. The minimum absolute atomic E-state index is 0.0284. The quantitative estimate of drug-likeness (QED) is 0.872. The third-order valence-electron chi connectivity index (χ3n) is 4.46. The number of amides is 1. The maximum absolute atomic E-state index is 12.5. The van der Waals surface area contributed by atoms with Crippen LogP contribution in [-0.4, -0.2) is 64.5 Å². The molecule has 2 heterocycles. The molecule has 3 rings (SSSR count). The number of nitrogens with two attached hydrogens (primary N) is 1. The molecule has 0 bridgehead atoms. The molecule has 1 fully saturated rings. The van der Waals surface area contributed by atoms with Gasteiger partial charge in [-0.05, 0) is 12.6 Å². The number of likely N-dealkylation sites (N-methyl/N-ethyl adjacent to an activating group) is 1. The van der Waals surface area contributed by atoms with Crippen molar-refractivity contribution in [2.75, 3.05) is 33.2 Å². The summed E-state index contributed by atoms with van der Waals surface area (Å²) < 4.78 is 2.03. The molecule has 1 atom stereocenters. The molecule has 0 radical (unpaired) electrons. The molecule has 1 aliphatic heterocycles. The Morgan fingerprint density at radius 3 is 2.62 bits per heavy atom. The molecule has 6 nitrogen and oxygen atoms in total. The fourth-order valence-electron chi connectivity index (χ4n) is 2.97. The molecule has 0 saturated carbocycles. The predicted molar refractivity (Wildman–Crippen MR) is 93.5 cm³/mol. The van der Waals surface area contributed by atoms with Crippen molar-refractivity contribution in [2.24, 2.45) is 5.73 Å². The largest absolute Gasteiger partial charge is 0.339 e. The number of aromatic nitrogens is 2. The second kappa shape index (κ2) is 7.59. The van der Waals surface area contributed by atoms with E-state index in [0.717, 1.165) is 38.4 Å². The first-order valence-electron chi connectivity index (χ1n) is 8.39. The van der Waals surface area contributed by atoms with Gasteiger partial charge in [-0.1, -0.05) is 30.3 Å².